The maximum absolute atomic E-state index is 11.9. The van der Waals surface area contributed by atoms with Crippen molar-refractivity contribution in [1.82, 2.24) is 5.32 Å². The van der Waals surface area contributed by atoms with E-state index in [1.54, 1.807) is 0 Å². The first-order valence-corrected chi connectivity index (χ1v) is 5.36. The fourth-order valence-electron chi connectivity index (χ4n) is 1.19. The summed E-state index contributed by atoms with van der Waals surface area (Å²) in [5.41, 5.74) is 0.141. The smallest absolute Gasteiger partial charge is 0.406 e. The Hall–Kier alpha value is -2.05. The second-order valence-electron chi connectivity index (χ2n) is 3.88. The van der Waals surface area contributed by atoms with Gasteiger partial charge in [-0.3, -0.25) is 9.59 Å². The van der Waals surface area contributed by atoms with Crippen molar-refractivity contribution in [3.63, 3.8) is 0 Å². The number of carbonyl (C=O) groups excluding carboxylic acids is 2. The molecule has 1 aromatic carbocycles. The summed E-state index contributed by atoms with van der Waals surface area (Å²) in [4.78, 5) is 22.6. The van der Waals surface area contributed by atoms with E-state index in [2.05, 4.69) is 10.1 Å². The molecule has 0 saturated carbocycles. The van der Waals surface area contributed by atoms with Crippen LogP contribution in [0, 0.1) is 0 Å². The molecule has 0 aliphatic carbocycles. The van der Waals surface area contributed by atoms with E-state index in [0.29, 0.717) is 0 Å². The van der Waals surface area contributed by atoms with Gasteiger partial charge in [-0.15, -0.1) is 13.2 Å². The minimum absolute atomic E-state index is 0.141. The third kappa shape index (κ3) is 4.99. The van der Waals surface area contributed by atoms with E-state index >= 15 is 0 Å². The maximum atomic E-state index is 11.9. The number of halogens is 3. The van der Waals surface area contributed by atoms with Crippen molar-refractivity contribution in [1.29, 1.82) is 0 Å². The Bertz CT molecular complexity index is 468. The van der Waals surface area contributed by atoms with Gasteiger partial charge in [0.15, 0.2) is 5.78 Å². The standard InChI is InChI=1S/C12H12F3NO3/c1-7(8(2)17)16-11(18)9-3-5-10(6-4-9)19-12(13,14)15/h3-7H,1-2H3,(H,16,18). The lowest BCUT2D eigenvalue weighted by Crippen LogP contribution is -2.37. The molecular weight excluding hydrogens is 263 g/mol. The number of alkyl halides is 3. The van der Waals surface area contributed by atoms with Crippen LogP contribution in [0.2, 0.25) is 0 Å². The molecule has 0 aromatic heterocycles. The Kier molecular flexibility index (Phi) is 4.52. The fourth-order valence-corrected chi connectivity index (χ4v) is 1.19. The van der Waals surface area contributed by atoms with Crippen LogP contribution in [0.4, 0.5) is 13.2 Å². The number of Topliss-reactive ketones (excluding diaryl/α,β-unsaturated/α-hetero) is 1. The van der Waals surface area contributed by atoms with Gasteiger partial charge in [0.25, 0.3) is 5.91 Å². The fraction of sp³-hybridized carbons (Fsp3) is 0.333. The third-order valence-electron chi connectivity index (χ3n) is 2.31. The van der Waals surface area contributed by atoms with Crippen LogP contribution in [0.3, 0.4) is 0 Å². The van der Waals surface area contributed by atoms with E-state index in [9.17, 15) is 22.8 Å². The lowest BCUT2D eigenvalue weighted by Gasteiger charge is -2.11. The van der Waals surface area contributed by atoms with Crippen molar-refractivity contribution in [2.24, 2.45) is 0 Å². The summed E-state index contributed by atoms with van der Waals surface area (Å²) < 4.78 is 39.4. The summed E-state index contributed by atoms with van der Waals surface area (Å²) in [6, 6.07) is 3.77. The molecule has 4 nitrogen and oxygen atoms in total. The van der Waals surface area contributed by atoms with Crippen molar-refractivity contribution >= 4 is 11.7 Å². The number of nitrogens with one attached hydrogen (secondary N) is 1. The van der Waals surface area contributed by atoms with Gasteiger partial charge in [-0.05, 0) is 38.1 Å². The Labute approximate surface area is 107 Å². The first-order chi connectivity index (χ1) is 8.69. The Balaban J connectivity index is 2.71. The number of hydrogen-bond acceptors (Lipinski definition) is 3. The number of amides is 1. The predicted octanol–water partition coefficient (Wildman–Crippen LogP) is 2.29. The molecule has 1 amide bonds. The second-order valence-corrected chi connectivity index (χ2v) is 3.88. The molecule has 1 atom stereocenters. The molecule has 0 bridgehead atoms. The molecular formula is C12H12F3NO3. The van der Waals surface area contributed by atoms with Crippen molar-refractivity contribution in [2.75, 3.05) is 0 Å². The monoisotopic (exact) mass is 275 g/mol. The summed E-state index contributed by atoms with van der Waals surface area (Å²) >= 11 is 0. The van der Waals surface area contributed by atoms with Crippen LogP contribution in [-0.2, 0) is 4.79 Å². The zero-order chi connectivity index (χ0) is 14.6. The lowest BCUT2D eigenvalue weighted by atomic mass is 10.1. The molecule has 0 aliphatic heterocycles. The van der Waals surface area contributed by atoms with Gasteiger partial charge in [0.1, 0.15) is 5.75 Å². The number of benzene rings is 1. The SMILES string of the molecule is CC(=O)C(C)NC(=O)c1ccc(OC(F)(F)F)cc1. The number of ketones is 1. The lowest BCUT2D eigenvalue weighted by molar-refractivity contribution is -0.274. The molecule has 1 N–H and O–H groups in total. The molecule has 19 heavy (non-hydrogen) atoms. The quantitative estimate of drug-likeness (QED) is 0.917. The van der Waals surface area contributed by atoms with Crippen LogP contribution in [0.25, 0.3) is 0 Å². The van der Waals surface area contributed by atoms with Crippen LogP contribution in [0.5, 0.6) is 5.75 Å². The molecule has 7 heteroatoms. The van der Waals surface area contributed by atoms with Crippen LogP contribution in [-0.4, -0.2) is 24.1 Å². The zero-order valence-electron chi connectivity index (χ0n) is 10.2. The normalized spacial score (nSPS) is 12.7. The van der Waals surface area contributed by atoms with E-state index in [0.717, 1.165) is 12.1 Å². The summed E-state index contributed by atoms with van der Waals surface area (Å²) in [5, 5.41) is 2.41. The molecule has 0 aliphatic rings. The second kappa shape index (κ2) is 5.73. The Morgan fingerprint density at radius 1 is 1.21 bits per heavy atom. The molecule has 0 radical (unpaired) electrons. The highest BCUT2D eigenvalue weighted by Crippen LogP contribution is 2.22. The molecule has 0 saturated heterocycles. The van der Waals surface area contributed by atoms with Gasteiger partial charge in [0, 0.05) is 5.56 Å². The van der Waals surface area contributed by atoms with Crippen molar-refractivity contribution in [3.05, 3.63) is 29.8 Å². The number of hydrogen-bond donors (Lipinski definition) is 1. The van der Waals surface area contributed by atoms with Crippen LogP contribution >= 0.6 is 0 Å². The maximum Gasteiger partial charge on any atom is 0.573 e. The average Bonchev–Trinajstić information content (AvgIpc) is 2.27. The van der Waals surface area contributed by atoms with Crippen molar-refractivity contribution in [3.8, 4) is 5.75 Å². The number of rotatable bonds is 4. The average molecular weight is 275 g/mol. The topological polar surface area (TPSA) is 55.4 Å². The highest BCUT2D eigenvalue weighted by Gasteiger charge is 2.31. The summed E-state index contributed by atoms with van der Waals surface area (Å²) in [6.07, 6.45) is -4.77. The molecule has 1 rings (SSSR count). The van der Waals surface area contributed by atoms with Gasteiger partial charge in [0.05, 0.1) is 6.04 Å². The summed E-state index contributed by atoms with van der Waals surface area (Å²) in [7, 11) is 0. The van der Waals surface area contributed by atoms with Gasteiger partial charge < -0.3 is 10.1 Å². The largest absolute Gasteiger partial charge is 0.573 e. The van der Waals surface area contributed by atoms with Gasteiger partial charge in [-0.1, -0.05) is 0 Å². The van der Waals surface area contributed by atoms with Crippen molar-refractivity contribution in [2.45, 2.75) is 26.3 Å². The minimum atomic E-state index is -4.77. The molecule has 1 aromatic rings. The highest BCUT2D eigenvalue weighted by atomic mass is 19.4. The predicted molar refractivity (Wildman–Crippen MR) is 60.7 cm³/mol. The molecule has 0 spiro atoms. The van der Waals surface area contributed by atoms with Crippen LogP contribution in [0.1, 0.15) is 24.2 Å². The third-order valence-corrected chi connectivity index (χ3v) is 2.31. The van der Waals surface area contributed by atoms with Gasteiger partial charge in [0.2, 0.25) is 0 Å². The first-order valence-electron chi connectivity index (χ1n) is 5.36. The van der Waals surface area contributed by atoms with Gasteiger partial charge in [-0.2, -0.15) is 0 Å². The summed E-state index contributed by atoms with van der Waals surface area (Å²) in [5.74, 6) is -1.17. The van der Waals surface area contributed by atoms with E-state index < -0.39 is 24.1 Å². The molecule has 0 heterocycles. The highest BCUT2D eigenvalue weighted by molar-refractivity contribution is 5.97. The first kappa shape index (κ1) is 15.0. The van der Waals surface area contributed by atoms with Crippen molar-refractivity contribution < 1.29 is 27.5 Å². The molecule has 104 valence electrons. The van der Waals surface area contributed by atoms with Gasteiger partial charge in [-0.25, -0.2) is 0 Å². The van der Waals surface area contributed by atoms with E-state index in [1.807, 2.05) is 0 Å². The summed E-state index contributed by atoms with van der Waals surface area (Å²) in [6.45, 7) is 2.84. The number of carbonyl (C=O) groups is 2. The van der Waals surface area contributed by atoms with E-state index in [4.69, 9.17) is 0 Å². The number of ether oxygens (including phenoxy) is 1. The Morgan fingerprint density at radius 3 is 2.16 bits per heavy atom. The van der Waals surface area contributed by atoms with Crippen LogP contribution < -0.4 is 10.1 Å². The Morgan fingerprint density at radius 2 is 1.74 bits per heavy atom. The van der Waals surface area contributed by atoms with E-state index in [1.165, 1.54) is 26.0 Å². The zero-order valence-corrected chi connectivity index (χ0v) is 10.2. The van der Waals surface area contributed by atoms with Crippen LogP contribution in [0.15, 0.2) is 24.3 Å². The molecule has 1 unspecified atom stereocenters. The van der Waals surface area contributed by atoms with E-state index in [-0.39, 0.29) is 11.3 Å². The minimum Gasteiger partial charge on any atom is -0.406 e. The van der Waals surface area contributed by atoms with Gasteiger partial charge >= 0.3 is 6.36 Å². The molecule has 0 fully saturated rings.